The number of phenolic OH excluding ortho intramolecular Hbond substituents is 2. The zero-order valence-corrected chi connectivity index (χ0v) is 12.1. The third kappa shape index (κ3) is 4.94. The van der Waals surface area contributed by atoms with E-state index in [1.165, 1.54) is 30.0 Å². The summed E-state index contributed by atoms with van der Waals surface area (Å²) in [4.78, 5) is 11.6. The number of hydrogen-bond donors (Lipinski definition) is 3. The van der Waals surface area contributed by atoms with Crippen LogP contribution in [0.25, 0.3) is 0 Å². The lowest BCUT2D eigenvalue weighted by Gasteiger charge is -2.02. The monoisotopic (exact) mass is 298 g/mol. The summed E-state index contributed by atoms with van der Waals surface area (Å²) in [6, 6.07) is 14.1. The van der Waals surface area contributed by atoms with E-state index in [-0.39, 0.29) is 17.4 Å². The first-order chi connectivity index (χ1) is 10.6. The van der Waals surface area contributed by atoms with E-state index >= 15 is 0 Å². The van der Waals surface area contributed by atoms with Crippen molar-refractivity contribution in [2.24, 2.45) is 5.10 Å². The van der Waals surface area contributed by atoms with Gasteiger partial charge in [-0.2, -0.15) is 5.10 Å². The highest BCUT2D eigenvalue weighted by atomic mass is 16.3. The Morgan fingerprint density at radius 2 is 1.91 bits per heavy atom. The van der Waals surface area contributed by atoms with Crippen molar-refractivity contribution in [2.45, 2.75) is 19.3 Å². The highest BCUT2D eigenvalue weighted by Crippen LogP contribution is 2.20. The summed E-state index contributed by atoms with van der Waals surface area (Å²) in [6.45, 7) is 0. The number of rotatable bonds is 6. The first-order valence-electron chi connectivity index (χ1n) is 7.03. The van der Waals surface area contributed by atoms with Gasteiger partial charge in [0.25, 0.3) is 0 Å². The van der Waals surface area contributed by atoms with Crippen molar-refractivity contribution < 1.29 is 15.0 Å². The van der Waals surface area contributed by atoms with E-state index in [9.17, 15) is 9.90 Å². The van der Waals surface area contributed by atoms with Crippen molar-refractivity contribution in [1.29, 1.82) is 0 Å². The molecule has 2 aromatic carbocycles. The van der Waals surface area contributed by atoms with E-state index in [2.05, 4.69) is 10.5 Å². The van der Waals surface area contributed by atoms with Gasteiger partial charge in [0.2, 0.25) is 5.91 Å². The maximum Gasteiger partial charge on any atom is 0.240 e. The minimum atomic E-state index is -0.176. The van der Waals surface area contributed by atoms with Gasteiger partial charge in [0.15, 0.2) is 0 Å². The van der Waals surface area contributed by atoms with Gasteiger partial charge in [-0.25, -0.2) is 5.43 Å². The molecule has 0 bridgehead atoms. The minimum absolute atomic E-state index is 0.0282. The van der Waals surface area contributed by atoms with Gasteiger partial charge in [0.1, 0.15) is 11.5 Å². The van der Waals surface area contributed by atoms with Crippen LogP contribution in [0, 0.1) is 0 Å². The molecule has 2 aromatic rings. The molecule has 0 unspecified atom stereocenters. The first kappa shape index (κ1) is 15.6. The lowest BCUT2D eigenvalue weighted by Crippen LogP contribution is -2.17. The van der Waals surface area contributed by atoms with Gasteiger partial charge in [0.05, 0.1) is 6.21 Å². The van der Waals surface area contributed by atoms with E-state index in [1.807, 2.05) is 30.3 Å². The average molecular weight is 298 g/mol. The number of carbonyl (C=O) groups is 1. The Labute approximate surface area is 128 Å². The Hall–Kier alpha value is -2.82. The topological polar surface area (TPSA) is 81.9 Å². The number of aryl methyl sites for hydroxylation is 1. The van der Waals surface area contributed by atoms with Gasteiger partial charge in [-0.05, 0) is 30.5 Å². The predicted octanol–water partition coefficient (Wildman–Crippen LogP) is 2.57. The van der Waals surface area contributed by atoms with Crippen molar-refractivity contribution in [2.75, 3.05) is 0 Å². The molecule has 0 spiro atoms. The molecule has 0 radical (unpaired) electrons. The van der Waals surface area contributed by atoms with Gasteiger partial charge in [-0.1, -0.05) is 30.3 Å². The zero-order chi connectivity index (χ0) is 15.8. The van der Waals surface area contributed by atoms with Gasteiger partial charge in [0, 0.05) is 18.1 Å². The fourth-order valence-electron chi connectivity index (χ4n) is 1.97. The summed E-state index contributed by atoms with van der Waals surface area (Å²) in [6.07, 6.45) is 3.31. The average Bonchev–Trinajstić information content (AvgIpc) is 2.50. The summed E-state index contributed by atoms with van der Waals surface area (Å²) < 4.78 is 0. The van der Waals surface area contributed by atoms with Gasteiger partial charge >= 0.3 is 0 Å². The van der Waals surface area contributed by atoms with Crippen LogP contribution in [0.1, 0.15) is 24.0 Å². The van der Waals surface area contributed by atoms with E-state index in [0.717, 1.165) is 12.8 Å². The Morgan fingerprint density at radius 3 is 2.64 bits per heavy atom. The molecule has 0 aliphatic heterocycles. The molecular formula is C17H18N2O3. The second-order valence-electron chi connectivity index (χ2n) is 4.88. The number of nitrogens with one attached hydrogen (secondary N) is 1. The maximum absolute atomic E-state index is 11.6. The van der Waals surface area contributed by atoms with Crippen LogP contribution in [-0.4, -0.2) is 22.3 Å². The van der Waals surface area contributed by atoms with Crippen LogP contribution >= 0.6 is 0 Å². The summed E-state index contributed by atoms with van der Waals surface area (Å²) in [5, 5.41) is 22.5. The first-order valence-corrected chi connectivity index (χ1v) is 7.03. The van der Waals surface area contributed by atoms with Gasteiger partial charge in [-0.3, -0.25) is 4.79 Å². The van der Waals surface area contributed by atoms with Crippen molar-refractivity contribution in [3.63, 3.8) is 0 Å². The number of hydrazone groups is 1. The van der Waals surface area contributed by atoms with Crippen molar-refractivity contribution >= 4 is 12.1 Å². The van der Waals surface area contributed by atoms with Gasteiger partial charge in [-0.15, -0.1) is 0 Å². The lowest BCUT2D eigenvalue weighted by molar-refractivity contribution is -0.121. The molecule has 0 aromatic heterocycles. The van der Waals surface area contributed by atoms with Crippen LogP contribution in [0.15, 0.2) is 53.6 Å². The third-order valence-electron chi connectivity index (χ3n) is 3.12. The number of aromatic hydroxyl groups is 2. The van der Waals surface area contributed by atoms with Gasteiger partial charge < -0.3 is 10.2 Å². The van der Waals surface area contributed by atoms with E-state index < -0.39 is 0 Å². The molecule has 3 N–H and O–H groups in total. The van der Waals surface area contributed by atoms with Crippen LogP contribution in [0.2, 0.25) is 0 Å². The summed E-state index contributed by atoms with van der Waals surface area (Å²) in [5.41, 5.74) is 4.04. The summed E-state index contributed by atoms with van der Waals surface area (Å²) >= 11 is 0. The maximum atomic E-state index is 11.6. The Kier molecular flexibility index (Phi) is 5.54. The van der Waals surface area contributed by atoms with Crippen LogP contribution < -0.4 is 5.43 Å². The molecule has 0 heterocycles. The summed E-state index contributed by atoms with van der Waals surface area (Å²) in [7, 11) is 0. The van der Waals surface area contributed by atoms with Crippen LogP contribution in [0.4, 0.5) is 0 Å². The number of nitrogens with zero attached hydrogens (tertiary/aromatic N) is 1. The number of amides is 1. The second-order valence-corrected chi connectivity index (χ2v) is 4.88. The van der Waals surface area contributed by atoms with E-state index in [1.54, 1.807) is 0 Å². The highest BCUT2D eigenvalue weighted by molar-refractivity contribution is 5.85. The Balaban J connectivity index is 1.74. The lowest BCUT2D eigenvalue weighted by atomic mass is 10.1. The standard InChI is InChI=1S/C17H18N2O3/c20-15-10-9-14(16(21)11-15)12-18-19-17(22)8-4-7-13-5-2-1-3-6-13/h1-3,5-6,9-12,20-21H,4,7-8H2,(H,19,22). The molecule has 0 saturated carbocycles. The number of phenols is 2. The molecule has 0 aliphatic carbocycles. The fourth-order valence-corrected chi connectivity index (χ4v) is 1.97. The molecule has 0 atom stereocenters. The predicted molar refractivity (Wildman–Crippen MR) is 84.9 cm³/mol. The molecule has 0 aliphatic rings. The fraction of sp³-hybridized carbons (Fsp3) is 0.176. The third-order valence-corrected chi connectivity index (χ3v) is 3.12. The van der Waals surface area contributed by atoms with Crippen LogP contribution in [0.5, 0.6) is 11.5 Å². The molecule has 5 heteroatoms. The second kappa shape index (κ2) is 7.83. The molecular weight excluding hydrogens is 280 g/mol. The zero-order valence-electron chi connectivity index (χ0n) is 12.1. The number of carbonyl (C=O) groups excluding carboxylic acids is 1. The molecule has 22 heavy (non-hydrogen) atoms. The smallest absolute Gasteiger partial charge is 0.240 e. The molecule has 114 valence electrons. The molecule has 1 amide bonds. The largest absolute Gasteiger partial charge is 0.508 e. The Morgan fingerprint density at radius 1 is 1.14 bits per heavy atom. The Bertz CT molecular complexity index is 654. The molecule has 0 saturated heterocycles. The van der Waals surface area contributed by atoms with Crippen LogP contribution in [0.3, 0.4) is 0 Å². The highest BCUT2D eigenvalue weighted by Gasteiger charge is 2.01. The normalized spacial score (nSPS) is 10.7. The minimum Gasteiger partial charge on any atom is -0.508 e. The summed E-state index contributed by atoms with van der Waals surface area (Å²) in [5.74, 6) is -0.299. The van der Waals surface area contributed by atoms with E-state index in [4.69, 9.17) is 5.11 Å². The van der Waals surface area contributed by atoms with E-state index in [0.29, 0.717) is 12.0 Å². The number of hydrogen-bond acceptors (Lipinski definition) is 4. The van der Waals surface area contributed by atoms with Crippen molar-refractivity contribution in [3.8, 4) is 11.5 Å². The van der Waals surface area contributed by atoms with Crippen LogP contribution in [-0.2, 0) is 11.2 Å². The van der Waals surface area contributed by atoms with Crippen molar-refractivity contribution in [1.82, 2.24) is 5.43 Å². The quantitative estimate of drug-likeness (QED) is 0.566. The molecule has 0 fully saturated rings. The number of benzene rings is 2. The SMILES string of the molecule is O=C(CCCc1ccccc1)NN=Cc1ccc(O)cc1O. The molecule has 2 rings (SSSR count). The van der Waals surface area contributed by atoms with Crippen molar-refractivity contribution in [3.05, 3.63) is 59.7 Å². The molecule has 5 nitrogen and oxygen atoms in total.